The highest BCUT2D eigenvalue weighted by atomic mass is 19.1. The van der Waals surface area contributed by atoms with Gasteiger partial charge in [-0.1, -0.05) is 13.8 Å². The van der Waals surface area contributed by atoms with E-state index in [-0.39, 0.29) is 5.82 Å². The van der Waals surface area contributed by atoms with Crippen LogP contribution in [0.2, 0.25) is 0 Å². The van der Waals surface area contributed by atoms with Gasteiger partial charge in [-0.15, -0.1) is 0 Å². The molecular formula is C11H13FN2. The van der Waals surface area contributed by atoms with Crippen molar-refractivity contribution in [1.82, 2.24) is 9.78 Å². The molecule has 14 heavy (non-hydrogen) atoms. The molecule has 0 aliphatic heterocycles. The second-order valence-corrected chi connectivity index (χ2v) is 3.89. The average Bonchev–Trinajstić information content (AvgIpc) is 2.45. The third-order valence-corrected chi connectivity index (χ3v) is 2.38. The maximum atomic E-state index is 13.6. The molecule has 0 aliphatic rings. The Kier molecular flexibility index (Phi) is 2.02. The highest BCUT2D eigenvalue weighted by Gasteiger charge is 2.08. The Hall–Kier alpha value is -1.38. The first-order chi connectivity index (χ1) is 6.58. The Bertz CT molecular complexity index is 471. The Labute approximate surface area is 82.3 Å². The van der Waals surface area contributed by atoms with Gasteiger partial charge in [0.05, 0.1) is 10.9 Å². The molecule has 1 aromatic carbocycles. The van der Waals surface area contributed by atoms with Gasteiger partial charge >= 0.3 is 0 Å². The number of fused-ring (bicyclic) bond motifs is 1. The van der Waals surface area contributed by atoms with Gasteiger partial charge in [-0.25, -0.2) is 4.39 Å². The van der Waals surface area contributed by atoms with Crippen LogP contribution in [0.1, 0.15) is 25.3 Å². The Balaban J connectivity index is 2.71. The van der Waals surface area contributed by atoms with Gasteiger partial charge in [0.25, 0.3) is 0 Å². The number of aryl methyl sites for hydroxylation is 1. The van der Waals surface area contributed by atoms with Crippen LogP contribution in [-0.2, 0) is 7.05 Å². The lowest BCUT2D eigenvalue weighted by atomic mass is 10.0. The lowest BCUT2D eigenvalue weighted by Gasteiger charge is -2.04. The molecular weight excluding hydrogens is 179 g/mol. The summed E-state index contributed by atoms with van der Waals surface area (Å²) < 4.78 is 15.2. The predicted molar refractivity (Wildman–Crippen MR) is 54.8 cm³/mol. The molecule has 0 aliphatic carbocycles. The molecule has 2 rings (SSSR count). The van der Waals surface area contributed by atoms with Crippen molar-refractivity contribution < 1.29 is 4.39 Å². The second kappa shape index (κ2) is 3.08. The fourth-order valence-corrected chi connectivity index (χ4v) is 1.55. The Morgan fingerprint density at radius 1 is 1.36 bits per heavy atom. The van der Waals surface area contributed by atoms with Crippen LogP contribution in [0.15, 0.2) is 18.3 Å². The third kappa shape index (κ3) is 1.39. The first-order valence-electron chi connectivity index (χ1n) is 4.70. The normalized spacial score (nSPS) is 11.5. The maximum Gasteiger partial charge on any atom is 0.134 e. The fraction of sp³-hybridized carbons (Fsp3) is 0.364. The van der Waals surface area contributed by atoms with Crippen LogP contribution in [0.4, 0.5) is 4.39 Å². The van der Waals surface area contributed by atoms with Crippen molar-refractivity contribution in [2.75, 3.05) is 0 Å². The van der Waals surface area contributed by atoms with Crippen LogP contribution in [0.5, 0.6) is 0 Å². The number of nitrogens with zero attached hydrogens (tertiary/aromatic N) is 2. The van der Waals surface area contributed by atoms with E-state index in [2.05, 4.69) is 5.10 Å². The Morgan fingerprint density at radius 2 is 2.07 bits per heavy atom. The smallest absolute Gasteiger partial charge is 0.134 e. The molecule has 0 spiro atoms. The van der Waals surface area contributed by atoms with Crippen LogP contribution in [0, 0.1) is 5.82 Å². The second-order valence-electron chi connectivity index (χ2n) is 3.89. The zero-order valence-corrected chi connectivity index (χ0v) is 8.58. The van der Waals surface area contributed by atoms with Crippen LogP contribution < -0.4 is 0 Å². The van der Waals surface area contributed by atoms with Crippen LogP contribution in [-0.4, -0.2) is 9.78 Å². The topological polar surface area (TPSA) is 17.8 Å². The van der Waals surface area contributed by atoms with Crippen molar-refractivity contribution >= 4 is 10.9 Å². The van der Waals surface area contributed by atoms with Gasteiger partial charge in [-0.2, -0.15) is 5.10 Å². The van der Waals surface area contributed by atoms with E-state index < -0.39 is 0 Å². The fourth-order valence-electron chi connectivity index (χ4n) is 1.55. The molecule has 1 aromatic heterocycles. The molecule has 0 saturated carbocycles. The summed E-state index contributed by atoms with van der Waals surface area (Å²) in [5, 5.41) is 4.79. The number of halogens is 1. The quantitative estimate of drug-likeness (QED) is 0.679. The number of rotatable bonds is 1. The largest absolute Gasteiger partial charge is 0.274 e. The zero-order valence-electron chi connectivity index (χ0n) is 8.58. The van der Waals surface area contributed by atoms with Gasteiger partial charge in [-0.05, 0) is 23.6 Å². The van der Waals surface area contributed by atoms with Gasteiger partial charge < -0.3 is 0 Å². The van der Waals surface area contributed by atoms with Crippen molar-refractivity contribution in [3.63, 3.8) is 0 Å². The Morgan fingerprint density at radius 3 is 2.71 bits per heavy atom. The summed E-state index contributed by atoms with van der Waals surface area (Å²) in [5.41, 5.74) is 1.73. The summed E-state index contributed by atoms with van der Waals surface area (Å²) in [4.78, 5) is 0. The van der Waals surface area contributed by atoms with Crippen LogP contribution >= 0.6 is 0 Å². The lowest BCUT2D eigenvalue weighted by molar-refractivity contribution is 0.635. The van der Waals surface area contributed by atoms with Gasteiger partial charge in [0.2, 0.25) is 0 Å². The number of hydrogen-bond acceptors (Lipinski definition) is 1. The lowest BCUT2D eigenvalue weighted by Crippen LogP contribution is -1.89. The molecule has 1 heterocycles. The highest BCUT2D eigenvalue weighted by molar-refractivity contribution is 5.79. The van der Waals surface area contributed by atoms with Gasteiger partial charge in [0, 0.05) is 13.2 Å². The molecule has 0 saturated heterocycles. The summed E-state index contributed by atoms with van der Waals surface area (Å²) in [6, 6.07) is 3.54. The van der Waals surface area contributed by atoms with E-state index in [1.165, 1.54) is 0 Å². The van der Waals surface area contributed by atoms with Crippen molar-refractivity contribution in [2.24, 2.45) is 7.05 Å². The molecule has 0 fully saturated rings. The minimum Gasteiger partial charge on any atom is -0.274 e. The highest BCUT2D eigenvalue weighted by Crippen LogP contribution is 2.23. The summed E-state index contributed by atoms with van der Waals surface area (Å²) in [5.74, 6) is 0.148. The number of benzene rings is 1. The van der Waals surface area contributed by atoms with E-state index in [1.54, 1.807) is 24.0 Å². The van der Waals surface area contributed by atoms with Gasteiger partial charge in [-0.3, -0.25) is 4.68 Å². The molecule has 0 amide bonds. The molecule has 0 N–H and O–H groups in total. The van der Waals surface area contributed by atoms with Gasteiger partial charge in [0.15, 0.2) is 0 Å². The van der Waals surface area contributed by atoms with E-state index in [0.717, 1.165) is 11.1 Å². The molecule has 2 nitrogen and oxygen atoms in total. The first-order valence-corrected chi connectivity index (χ1v) is 4.70. The van der Waals surface area contributed by atoms with Crippen molar-refractivity contribution in [1.29, 1.82) is 0 Å². The third-order valence-electron chi connectivity index (χ3n) is 2.38. The summed E-state index contributed by atoms with van der Waals surface area (Å²) >= 11 is 0. The summed E-state index contributed by atoms with van der Waals surface area (Å²) in [6.07, 6.45) is 1.70. The minimum absolute atomic E-state index is 0.181. The van der Waals surface area contributed by atoms with E-state index in [9.17, 15) is 4.39 Å². The maximum absolute atomic E-state index is 13.6. The van der Waals surface area contributed by atoms with Crippen LogP contribution in [0.25, 0.3) is 10.9 Å². The minimum atomic E-state index is -0.181. The van der Waals surface area contributed by atoms with E-state index in [1.807, 2.05) is 19.9 Å². The molecule has 0 bridgehead atoms. The zero-order chi connectivity index (χ0) is 10.3. The molecule has 0 unspecified atom stereocenters. The van der Waals surface area contributed by atoms with Crippen molar-refractivity contribution in [3.05, 3.63) is 29.7 Å². The van der Waals surface area contributed by atoms with E-state index >= 15 is 0 Å². The molecule has 74 valence electrons. The molecule has 0 radical (unpaired) electrons. The summed E-state index contributed by atoms with van der Waals surface area (Å²) in [6.45, 7) is 4.09. The number of hydrogen-bond donors (Lipinski definition) is 0. The molecule has 3 heteroatoms. The predicted octanol–water partition coefficient (Wildman–Crippen LogP) is 2.84. The SMILES string of the molecule is CC(C)c1cc(F)c2cn(C)nc2c1. The summed E-state index contributed by atoms with van der Waals surface area (Å²) in [7, 11) is 1.80. The molecule has 2 aromatic rings. The molecule has 0 atom stereocenters. The van der Waals surface area contributed by atoms with Gasteiger partial charge in [0.1, 0.15) is 5.82 Å². The number of aromatic nitrogens is 2. The van der Waals surface area contributed by atoms with Crippen LogP contribution in [0.3, 0.4) is 0 Å². The standard InChI is InChI=1S/C11H13FN2/c1-7(2)8-4-10(12)9-6-14(3)13-11(9)5-8/h4-7H,1-3H3. The van der Waals surface area contributed by atoms with E-state index in [0.29, 0.717) is 11.3 Å². The van der Waals surface area contributed by atoms with Crippen molar-refractivity contribution in [2.45, 2.75) is 19.8 Å². The van der Waals surface area contributed by atoms with Crippen molar-refractivity contribution in [3.8, 4) is 0 Å². The first kappa shape index (κ1) is 9.19. The monoisotopic (exact) mass is 192 g/mol. The van der Waals surface area contributed by atoms with E-state index in [4.69, 9.17) is 0 Å². The average molecular weight is 192 g/mol.